The number of ether oxygens (including phenoxy) is 1. The van der Waals surface area contributed by atoms with Crippen LogP contribution in [0.4, 0.5) is 0 Å². The first-order valence-electron chi connectivity index (χ1n) is 15.1. The number of aromatic nitrogens is 1. The standard InChI is InChI=1S/C33H43N5O5S/c1-35(2)16-17-37(5)33(40)25-18-24-19-26(43-6)13-15-27(24)31-30(22-10-8-7-9-11-22)28-14-12-23(20-29(28)38(31)21-25)32(39)34-44(41,42)36(3)4/h12-15,18-20,22H,7-11,16-17,21H2,1-6H3,(H,34,39). The molecule has 0 radical (unpaired) electrons. The van der Waals surface area contributed by atoms with Crippen molar-refractivity contribution in [2.75, 3.05) is 55.4 Å². The third-order valence-electron chi connectivity index (χ3n) is 8.76. The van der Waals surface area contributed by atoms with Crippen LogP contribution in [-0.2, 0) is 21.5 Å². The topological polar surface area (TPSA) is 104 Å². The molecule has 44 heavy (non-hydrogen) atoms. The summed E-state index contributed by atoms with van der Waals surface area (Å²) in [6.45, 7) is 1.62. The zero-order valence-electron chi connectivity index (χ0n) is 26.5. The van der Waals surface area contributed by atoms with Gasteiger partial charge in [-0.05, 0) is 80.4 Å². The molecule has 1 fully saturated rings. The summed E-state index contributed by atoms with van der Waals surface area (Å²) in [4.78, 5) is 30.9. The van der Waals surface area contributed by atoms with E-state index in [1.807, 2.05) is 50.3 Å². The quantitative estimate of drug-likeness (QED) is 0.382. The minimum absolute atomic E-state index is 0.0690. The monoisotopic (exact) mass is 621 g/mol. The molecular weight excluding hydrogens is 578 g/mol. The fourth-order valence-electron chi connectivity index (χ4n) is 6.28. The van der Waals surface area contributed by atoms with Crippen LogP contribution in [0, 0.1) is 0 Å². The number of nitrogens with zero attached hydrogens (tertiary/aromatic N) is 4. The second kappa shape index (κ2) is 12.7. The van der Waals surface area contributed by atoms with E-state index in [-0.39, 0.29) is 11.5 Å². The normalized spacial score (nSPS) is 15.5. The molecule has 1 aromatic heterocycles. The molecule has 10 nitrogen and oxygen atoms in total. The van der Waals surface area contributed by atoms with Crippen LogP contribution in [0.2, 0.25) is 0 Å². The molecule has 3 aromatic rings. The molecule has 1 saturated carbocycles. The van der Waals surface area contributed by atoms with Gasteiger partial charge >= 0.3 is 10.2 Å². The predicted octanol–water partition coefficient (Wildman–Crippen LogP) is 4.32. The van der Waals surface area contributed by atoms with E-state index in [9.17, 15) is 18.0 Å². The Bertz CT molecular complexity index is 1720. The van der Waals surface area contributed by atoms with Crippen LogP contribution in [0.15, 0.2) is 42.0 Å². The van der Waals surface area contributed by atoms with Crippen molar-refractivity contribution >= 4 is 39.0 Å². The van der Waals surface area contributed by atoms with Crippen molar-refractivity contribution in [2.24, 2.45) is 0 Å². The van der Waals surface area contributed by atoms with Gasteiger partial charge in [-0.15, -0.1) is 0 Å². The molecule has 236 valence electrons. The maximum Gasteiger partial charge on any atom is 0.303 e. The number of hydrogen-bond acceptors (Lipinski definition) is 6. The van der Waals surface area contributed by atoms with Crippen molar-refractivity contribution in [3.63, 3.8) is 0 Å². The highest BCUT2D eigenvalue weighted by Gasteiger charge is 2.31. The van der Waals surface area contributed by atoms with Gasteiger partial charge in [0, 0.05) is 61.8 Å². The minimum Gasteiger partial charge on any atom is -0.497 e. The van der Waals surface area contributed by atoms with Gasteiger partial charge in [0.05, 0.1) is 19.3 Å². The van der Waals surface area contributed by atoms with Crippen molar-refractivity contribution < 1.29 is 22.7 Å². The highest BCUT2D eigenvalue weighted by atomic mass is 32.2. The van der Waals surface area contributed by atoms with Crippen LogP contribution in [0.5, 0.6) is 5.75 Å². The SMILES string of the molecule is COc1ccc2c(c1)C=C(C(=O)N(C)CCN(C)C)Cn1c-2c(C2CCCCC2)c2ccc(C(=O)NS(=O)(=O)N(C)C)cc21. The fourth-order valence-corrected chi connectivity index (χ4v) is 6.81. The molecule has 0 saturated heterocycles. The molecule has 1 aliphatic carbocycles. The van der Waals surface area contributed by atoms with Gasteiger partial charge in [0.15, 0.2) is 0 Å². The molecule has 1 aliphatic heterocycles. The molecule has 0 spiro atoms. The number of rotatable bonds is 9. The molecule has 5 rings (SSSR count). The highest BCUT2D eigenvalue weighted by molar-refractivity contribution is 7.87. The Morgan fingerprint density at radius 3 is 2.36 bits per heavy atom. The van der Waals surface area contributed by atoms with E-state index >= 15 is 0 Å². The molecule has 2 aromatic carbocycles. The first kappa shape index (κ1) is 31.7. The summed E-state index contributed by atoms with van der Waals surface area (Å²) in [7, 11) is 6.19. The van der Waals surface area contributed by atoms with Crippen LogP contribution < -0.4 is 9.46 Å². The Kier molecular flexibility index (Phi) is 9.20. The molecule has 1 N–H and O–H groups in total. The third-order valence-corrected chi connectivity index (χ3v) is 10.2. The average molecular weight is 622 g/mol. The molecule has 2 aliphatic rings. The summed E-state index contributed by atoms with van der Waals surface area (Å²) in [5.41, 5.74) is 5.83. The van der Waals surface area contributed by atoms with Crippen molar-refractivity contribution in [3.8, 4) is 17.0 Å². The Hall–Kier alpha value is -3.67. The summed E-state index contributed by atoms with van der Waals surface area (Å²) in [6.07, 6.45) is 7.60. The Morgan fingerprint density at radius 1 is 0.977 bits per heavy atom. The van der Waals surface area contributed by atoms with Crippen LogP contribution in [0.1, 0.15) is 59.5 Å². The number of methoxy groups -OCH3 is 1. The second-order valence-electron chi connectivity index (χ2n) is 12.3. The molecule has 2 heterocycles. The van der Waals surface area contributed by atoms with Gasteiger partial charge in [0.2, 0.25) is 0 Å². The van der Waals surface area contributed by atoms with E-state index < -0.39 is 16.1 Å². The zero-order valence-corrected chi connectivity index (χ0v) is 27.3. The van der Waals surface area contributed by atoms with Crippen molar-refractivity contribution in [2.45, 2.75) is 44.6 Å². The molecule has 0 unspecified atom stereocenters. The molecule has 0 atom stereocenters. The van der Waals surface area contributed by atoms with Crippen LogP contribution in [0.3, 0.4) is 0 Å². The Labute approximate surface area is 260 Å². The lowest BCUT2D eigenvalue weighted by Crippen LogP contribution is -2.39. The lowest BCUT2D eigenvalue weighted by Gasteiger charge is -2.24. The van der Waals surface area contributed by atoms with Gasteiger partial charge in [-0.1, -0.05) is 25.3 Å². The molecule has 2 amide bonds. The zero-order chi connectivity index (χ0) is 31.8. The van der Waals surface area contributed by atoms with E-state index in [4.69, 9.17) is 4.74 Å². The number of amides is 2. The van der Waals surface area contributed by atoms with E-state index in [1.54, 1.807) is 24.1 Å². The van der Waals surface area contributed by atoms with Crippen LogP contribution >= 0.6 is 0 Å². The number of fused-ring (bicyclic) bond motifs is 5. The van der Waals surface area contributed by atoms with Crippen molar-refractivity contribution in [1.82, 2.24) is 23.4 Å². The van der Waals surface area contributed by atoms with Gasteiger partial charge < -0.3 is 19.1 Å². The Balaban J connectivity index is 1.72. The summed E-state index contributed by atoms with van der Waals surface area (Å²) in [5, 5.41) is 1.02. The summed E-state index contributed by atoms with van der Waals surface area (Å²) in [5.74, 6) is 0.258. The van der Waals surface area contributed by atoms with Gasteiger partial charge in [-0.25, -0.2) is 4.72 Å². The predicted molar refractivity (Wildman–Crippen MR) is 174 cm³/mol. The maximum atomic E-state index is 13.9. The van der Waals surface area contributed by atoms with E-state index in [0.717, 1.165) is 64.3 Å². The summed E-state index contributed by atoms with van der Waals surface area (Å²) >= 11 is 0. The van der Waals surface area contributed by atoms with E-state index in [0.29, 0.717) is 30.3 Å². The third kappa shape index (κ3) is 6.27. The van der Waals surface area contributed by atoms with Crippen LogP contribution in [0.25, 0.3) is 28.2 Å². The van der Waals surface area contributed by atoms with Crippen LogP contribution in [-0.4, -0.2) is 94.3 Å². The summed E-state index contributed by atoms with van der Waals surface area (Å²) < 4.78 is 35.8. The van der Waals surface area contributed by atoms with Gasteiger partial charge in [-0.2, -0.15) is 12.7 Å². The lowest BCUT2D eigenvalue weighted by molar-refractivity contribution is -0.126. The van der Waals surface area contributed by atoms with Gasteiger partial charge in [0.25, 0.3) is 11.8 Å². The van der Waals surface area contributed by atoms with E-state index in [2.05, 4.69) is 15.4 Å². The molecule has 0 bridgehead atoms. The first-order chi connectivity index (χ1) is 20.9. The smallest absolute Gasteiger partial charge is 0.303 e. The second-order valence-corrected chi connectivity index (χ2v) is 14.2. The number of likely N-dealkylation sites (N-methyl/N-ethyl adjacent to an activating group) is 2. The molecular formula is C33H43N5O5S. The number of hydrogen-bond donors (Lipinski definition) is 1. The van der Waals surface area contributed by atoms with Crippen molar-refractivity contribution in [1.29, 1.82) is 0 Å². The number of carbonyl (C=O) groups excluding carboxylic acids is 2. The number of nitrogens with one attached hydrogen (secondary N) is 1. The summed E-state index contributed by atoms with van der Waals surface area (Å²) in [6, 6.07) is 11.4. The average Bonchev–Trinajstić information content (AvgIpc) is 3.21. The maximum absolute atomic E-state index is 13.9. The molecule has 11 heteroatoms. The minimum atomic E-state index is -3.97. The first-order valence-corrected chi connectivity index (χ1v) is 16.5. The Morgan fingerprint density at radius 2 is 1.70 bits per heavy atom. The highest BCUT2D eigenvalue weighted by Crippen LogP contribution is 2.47. The fraction of sp³-hybridized carbons (Fsp3) is 0.455. The van der Waals surface area contributed by atoms with Gasteiger partial charge in [-0.3, -0.25) is 9.59 Å². The largest absolute Gasteiger partial charge is 0.497 e. The lowest BCUT2D eigenvalue weighted by atomic mass is 9.81. The number of benzene rings is 2. The van der Waals surface area contributed by atoms with E-state index in [1.165, 1.54) is 26.1 Å². The van der Waals surface area contributed by atoms with Gasteiger partial charge in [0.1, 0.15) is 5.75 Å². The number of carbonyl (C=O) groups is 2. The van der Waals surface area contributed by atoms with Crippen molar-refractivity contribution in [3.05, 3.63) is 58.7 Å².